The number of carbonyl (C=O) groups is 1. The monoisotopic (exact) mass is 346 g/mol. The molecule has 0 spiro atoms. The zero-order valence-electron chi connectivity index (χ0n) is 16.0. The van der Waals surface area contributed by atoms with Gasteiger partial charge < -0.3 is 9.84 Å². The first-order valence-electron chi connectivity index (χ1n) is 8.76. The van der Waals surface area contributed by atoms with Gasteiger partial charge in [0.15, 0.2) is 0 Å². The van der Waals surface area contributed by atoms with E-state index < -0.39 is 6.10 Å². The SMILES string of the molecule is C=C(C)CCC.CC(C)CC(O)CC(OC(=O)CCS)C(C)C. The number of hydrogen-bond acceptors (Lipinski definition) is 4. The van der Waals surface area contributed by atoms with E-state index in [2.05, 4.69) is 46.9 Å². The summed E-state index contributed by atoms with van der Waals surface area (Å²) in [6.45, 7) is 16.1. The highest BCUT2D eigenvalue weighted by Gasteiger charge is 2.22. The summed E-state index contributed by atoms with van der Waals surface area (Å²) in [5.41, 5.74) is 1.29. The zero-order valence-corrected chi connectivity index (χ0v) is 16.9. The fourth-order valence-corrected chi connectivity index (χ4v) is 2.29. The molecule has 3 nitrogen and oxygen atoms in total. The Morgan fingerprint density at radius 3 is 2.04 bits per heavy atom. The van der Waals surface area contributed by atoms with Gasteiger partial charge in [-0.25, -0.2) is 0 Å². The standard InChI is InChI=1S/C13H26O3S.C6H12/c1-9(2)7-11(14)8-12(10(3)4)16-13(15)5-6-17;1-4-5-6(2)3/h9-12,14,17H,5-8H2,1-4H3;2,4-5H2,1,3H3. The number of thiol groups is 1. The first-order chi connectivity index (χ1) is 10.6. The van der Waals surface area contributed by atoms with Crippen molar-refractivity contribution in [1.29, 1.82) is 0 Å². The molecular formula is C19H38O3S. The van der Waals surface area contributed by atoms with Crippen molar-refractivity contribution in [2.75, 3.05) is 5.75 Å². The Balaban J connectivity index is 0. The summed E-state index contributed by atoms with van der Waals surface area (Å²) in [6, 6.07) is 0. The summed E-state index contributed by atoms with van der Waals surface area (Å²) < 4.78 is 5.36. The van der Waals surface area contributed by atoms with Crippen LogP contribution in [0.5, 0.6) is 0 Å². The third-order valence-corrected chi connectivity index (χ3v) is 3.49. The summed E-state index contributed by atoms with van der Waals surface area (Å²) in [6.07, 6.45) is 3.41. The molecule has 0 aromatic carbocycles. The van der Waals surface area contributed by atoms with E-state index in [4.69, 9.17) is 4.74 Å². The molecule has 0 fully saturated rings. The third-order valence-electron chi connectivity index (χ3n) is 3.27. The largest absolute Gasteiger partial charge is 0.462 e. The average Bonchev–Trinajstić information content (AvgIpc) is 2.37. The van der Waals surface area contributed by atoms with Gasteiger partial charge in [0.05, 0.1) is 12.5 Å². The molecule has 0 saturated heterocycles. The molecule has 2 atom stereocenters. The molecule has 0 aliphatic heterocycles. The molecule has 0 heterocycles. The maximum Gasteiger partial charge on any atom is 0.306 e. The van der Waals surface area contributed by atoms with Crippen molar-refractivity contribution in [3.8, 4) is 0 Å². The minimum absolute atomic E-state index is 0.198. The Morgan fingerprint density at radius 2 is 1.74 bits per heavy atom. The van der Waals surface area contributed by atoms with Crippen LogP contribution in [0.25, 0.3) is 0 Å². The molecule has 4 heteroatoms. The van der Waals surface area contributed by atoms with Gasteiger partial charge in [-0.15, -0.1) is 6.58 Å². The molecule has 0 saturated carbocycles. The first-order valence-corrected chi connectivity index (χ1v) is 9.39. The average molecular weight is 347 g/mol. The molecule has 0 aromatic heterocycles. The molecular weight excluding hydrogens is 308 g/mol. The van der Waals surface area contributed by atoms with Gasteiger partial charge in [0.1, 0.15) is 6.10 Å². The topological polar surface area (TPSA) is 46.5 Å². The maximum atomic E-state index is 11.4. The molecule has 0 amide bonds. The second-order valence-corrected chi connectivity index (χ2v) is 7.42. The number of aliphatic hydroxyl groups is 1. The maximum absolute atomic E-state index is 11.4. The highest BCUT2D eigenvalue weighted by atomic mass is 32.1. The second-order valence-electron chi connectivity index (χ2n) is 6.97. The first kappa shape index (κ1) is 24.8. The van der Waals surface area contributed by atoms with Gasteiger partial charge >= 0.3 is 5.97 Å². The summed E-state index contributed by atoms with van der Waals surface area (Å²) in [5.74, 6) is 0.945. The van der Waals surface area contributed by atoms with Gasteiger partial charge in [0.2, 0.25) is 0 Å². The van der Waals surface area contributed by atoms with Gasteiger partial charge in [0, 0.05) is 12.2 Å². The van der Waals surface area contributed by atoms with E-state index >= 15 is 0 Å². The van der Waals surface area contributed by atoms with Crippen LogP contribution in [0.15, 0.2) is 12.2 Å². The van der Waals surface area contributed by atoms with Crippen LogP contribution in [0.1, 0.15) is 73.6 Å². The Kier molecular flexibility index (Phi) is 16.2. The Bertz CT molecular complexity index is 314. The van der Waals surface area contributed by atoms with Crippen LogP contribution >= 0.6 is 12.6 Å². The normalized spacial score (nSPS) is 13.3. The van der Waals surface area contributed by atoms with E-state index in [0.29, 0.717) is 24.5 Å². The Hall–Kier alpha value is -0.480. The smallest absolute Gasteiger partial charge is 0.306 e. The summed E-state index contributed by atoms with van der Waals surface area (Å²) in [7, 11) is 0. The predicted octanol–water partition coefficient (Wildman–Crippen LogP) is 5.03. The van der Waals surface area contributed by atoms with Crippen molar-refractivity contribution in [2.24, 2.45) is 11.8 Å². The van der Waals surface area contributed by atoms with Crippen molar-refractivity contribution in [3.63, 3.8) is 0 Å². The lowest BCUT2D eigenvalue weighted by Crippen LogP contribution is -2.29. The molecule has 0 aromatic rings. The van der Waals surface area contributed by atoms with Crippen LogP contribution < -0.4 is 0 Å². The fourth-order valence-electron chi connectivity index (χ4n) is 2.11. The summed E-state index contributed by atoms with van der Waals surface area (Å²) in [4.78, 5) is 11.4. The number of rotatable bonds is 10. The van der Waals surface area contributed by atoms with Crippen LogP contribution in [0, 0.1) is 11.8 Å². The molecule has 0 aliphatic carbocycles. The second kappa shape index (κ2) is 15.1. The number of aliphatic hydroxyl groups excluding tert-OH is 1. The minimum Gasteiger partial charge on any atom is -0.462 e. The number of ether oxygens (including phenoxy) is 1. The molecule has 0 radical (unpaired) electrons. The van der Waals surface area contributed by atoms with E-state index in [-0.39, 0.29) is 18.0 Å². The van der Waals surface area contributed by atoms with E-state index in [1.54, 1.807) is 0 Å². The fraction of sp³-hybridized carbons (Fsp3) is 0.842. The van der Waals surface area contributed by atoms with Gasteiger partial charge in [-0.1, -0.05) is 46.6 Å². The summed E-state index contributed by atoms with van der Waals surface area (Å²) >= 11 is 4.00. The minimum atomic E-state index is -0.397. The molecule has 1 N–H and O–H groups in total. The lowest BCUT2D eigenvalue weighted by molar-refractivity contribution is -0.152. The third kappa shape index (κ3) is 17.7. The van der Waals surface area contributed by atoms with Crippen molar-refractivity contribution in [1.82, 2.24) is 0 Å². The number of carbonyl (C=O) groups excluding carboxylic acids is 1. The molecule has 0 aliphatic rings. The summed E-state index contributed by atoms with van der Waals surface area (Å²) in [5, 5.41) is 9.88. The Labute approximate surface area is 149 Å². The highest BCUT2D eigenvalue weighted by molar-refractivity contribution is 7.80. The van der Waals surface area contributed by atoms with Crippen LogP contribution in [-0.4, -0.2) is 29.0 Å². The van der Waals surface area contributed by atoms with E-state index in [0.717, 1.165) is 6.42 Å². The van der Waals surface area contributed by atoms with E-state index in [9.17, 15) is 9.90 Å². The van der Waals surface area contributed by atoms with Crippen LogP contribution in [0.4, 0.5) is 0 Å². The molecule has 0 bridgehead atoms. The van der Waals surface area contributed by atoms with Crippen LogP contribution in [0.3, 0.4) is 0 Å². The molecule has 138 valence electrons. The predicted molar refractivity (Wildman–Crippen MR) is 103 cm³/mol. The molecule has 2 unspecified atom stereocenters. The Morgan fingerprint density at radius 1 is 1.17 bits per heavy atom. The van der Waals surface area contributed by atoms with Crippen molar-refractivity contribution < 1.29 is 14.6 Å². The number of allylic oxidation sites excluding steroid dienone is 1. The van der Waals surface area contributed by atoms with Crippen LogP contribution in [-0.2, 0) is 9.53 Å². The molecule has 23 heavy (non-hydrogen) atoms. The molecule has 0 rings (SSSR count). The highest BCUT2D eigenvalue weighted by Crippen LogP contribution is 2.18. The lowest BCUT2D eigenvalue weighted by Gasteiger charge is -2.24. The van der Waals surface area contributed by atoms with Gasteiger partial charge in [-0.3, -0.25) is 4.79 Å². The van der Waals surface area contributed by atoms with Gasteiger partial charge in [-0.2, -0.15) is 12.6 Å². The number of esters is 1. The van der Waals surface area contributed by atoms with E-state index in [1.165, 1.54) is 18.4 Å². The lowest BCUT2D eigenvalue weighted by atomic mass is 9.96. The number of hydrogen-bond donors (Lipinski definition) is 2. The van der Waals surface area contributed by atoms with Gasteiger partial charge in [-0.05, 0) is 31.6 Å². The van der Waals surface area contributed by atoms with Crippen LogP contribution in [0.2, 0.25) is 0 Å². The van der Waals surface area contributed by atoms with Crippen molar-refractivity contribution in [2.45, 2.75) is 85.9 Å². The van der Waals surface area contributed by atoms with E-state index in [1.807, 2.05) is 13.8 Å². The van der Waals surface area contributed by atoms with Crippen molar-refractivity contribution >= 4 is 18.6 Å². The van der Waals surface area contributed by atoms with Gasteiger partial charge in [0.25, 0.3) is 0 Å². The quantitative estimate of drug-likeness (QED) is 0.331. The zero-order chi connectivity index (χ0) is 18.4. The van der Waals surface area contributed by atoms with Crippen molar-refractivity contribution in [3.05, 3.63) is 12.2 Å².